The zero-order valence-corrected chi connectivity index (χ0v) is 12.6. The van der Waals surface area contributed by atoms with Gasteiger partial charge in [0.2, 0.25) is 0 Å². The molecule has 1 aromatic carbocycles. The first-order chi connectivity index (χ1) is 10.2. The van der Waals surface area contributed by atoms with Crippen molar-refractivity contribution in [2.45, 2.75) is 19.4 Å². The van der Waals surface area contributed by atoms with Gasteiger partial charge in [0.15, 0.2) is 0 Å². The van der Waals surface area contributed by atoms with Gasteiger partial charge in [0.25, 0.3) is 0 Å². The van der Waals surface area contributed by atoms with Crippen LogP contribution in [0.4, 0.5) is 0 Å². The largest absolute Gasteiger partial charge is 0.492 e. The summed E-state index contributed by atoms with van der Waals surface area (Å²) in [6.45, 7) is 5.79. The lowest BCUT2D eigenvalue weighted by Crippen LogP contribution is -2.28. The standard InChI is InChI=1S/C17H24N2O2/c1-14(20)16-7-9-19(13-16)10-11-21-17-6-2-4-15(12-17)5-3-8-18/h2,4,6,12,14,16,20H,7-11,13,18H2,1H3. The molecule has 1 aliphatic rings. The van der Waals surface area contributed by atoms with E-state index in [4.69, 9.17) is 10.5 Å². The second-order valence-electron chi connectivity index (χ2n) is 5.47. The smallest absolute Gasteiger partial charge is 0.120 e. The maximum Gasteiger partial charge on any atom is 0.120 e. The highest BCUT2D eigenvalue weighted by Gasteiger charge is 2.25. The van der Waals surface area contributed by atoms with Crippen molar-refractivity contribution >= 4 is 0 Å². The predicted molar refractivity (Wildman–Crippen MR) is 84.1 cm³/mol. The van der Waals surface area contributed by atoms with E-state index in [2.05, 4.69) is 16.7 Å². The van der Waals surface area contributed by atoms with Crippen LogP contribution in [0.5, 0.6) is 5.75 Å². The molecular weight excluding hydrogens is 264 g/mol. The van der Waals surface area contributed by atoms with Gasteiger partial charge in [-0.1, -0.05) is 17.9 Å². The normalized spacial score (nSPS) is 19.9. The maximum absolute atomic E-state index is 9.60. The van der Waals surface area contributed by atoms with Gasteiger partial charge in [-0.25, -0.2) is 0 Å². The molecule has 0 radical (unpaired) electrons. The molecule has 21 heavy (non-hydrogen) atoms. The molecule has 1 aliphatic heterocycles. The van der Waals surface area contributed by atoms with Crippen LogP contribution in [-0.4, -0.2) is 48.9 Å². The minimum Gasteiger partial charge on any atom is -0.492 e. The molecule has 0 spiro atoms. The lowest BCUT2D eigenvalue weighted by atomic mass is 10.0. The molecule has 4 nitrogen and oxygen atoms in total. The number of benzene rings is 1. The van der Waals surface area contributed by atoms with Crippen LogP contribution in [-0.2, 0) is 0 Å². The molecule has 0 amide bonds. The number of aliphatic hydroxyl groups excluding tert-OH is 1. The molecule has 114 valence electrons. The van der Waals surface area contributed by atoms with E-state index in [1.54, 1.807) is 0 Å². The topological polar surface area (TPSA) is 58.7 Å². The molecular formula is C17H24N2O2. The third-order valence-electron chi connectivity index (χ3n) is 3.84. The minimum atomic E-state index is -0.214. The molecule has 4 heteroatoms. The van der Waals surface area contributed by atoms with Gasteiger partial charge in [-0.3, -0.25) is 4.90 Å². The zero-order valence-electron chi connectivity index (χ0n) is 12.6. The molecule has 0 aliphatic carbocycles. The minimum absolute atomic E-state index is 0.214. The Morgan fingerprint density at radius 2 is 2.38 bits per heavy atom. The highest BCUT2D eigenvalue weighted by molar-refractivity contribution is 5.39. The Labute approximate surface area is 126 Å². The fourth-order valence-electron chi connectivity index (χ4n) is 2.57. The summed E-state index contributed by atoms with van der Waals surface area (Å²) in [5.74, 6) is 7.08. The van der Waals surface area contributed by atoms with E-state index in [9.17, 15) is 5.11 Å². The van der Waals surface area contributed by atoms with E-state index >= 15 is 0 Å². The number of rotatable bonds is 5. The van der Waals surface area contributed by atoms with Gasteiger partial charge in [0.05, 0.1) is 12.6 Å². The summed E-state index contributed by atoms with van der Waals surface area (Å²) in [7, 11) is 0. The third kappa shape index (κ3) is 5.05. The summed E-state index contributed by atoms with van der Waals surface area (Å²) in [5, 5.41) is 9.60. The Morgan fingerprint density at radius 3 is 3.10 bits per heavy atom. The molecule has 2 unspecified atom stereocenters. The Balaban J connectivity index is 1.76. The maximum atomic E-state index is 9.60. The van der Waals surface area contributed by atoms with Gasteiger partial charge < -0.3 is 15.6 Å². The number of likely N-dealkylation sites (tertiary alicyclic amines) is 1. The number of aliphatic hydroxyl groups is 1. The van der Waals surface area contributed by atoms with Crippen molar-refractivity contribution < 1.29 is 9.84 Å². The second-order valence-corrected chi connectivity index (χ2v) is 5.47. The van der Waals surface area contributed by atoms with Crippen molar-refractivity contribution in [1.29, 1.82) is 0 Å². The molecule has 3 N–H and O–H groups in total. The fourth-order valence-corrected chi connectivity index (χ4v) is 2.57. The van der Waals surface area contributed by atoms with Gasteiger partial charge in [-0.05, 0) is 44.0 Å². The summed E-state index contributed by atoms with van der Waals surface area (Å²) in [5.41, 5.74) is 6.29. The lowest BCUT2D eigenvalue weighted by molar-refractivity contribution is 0.125. The Hall–Kier alpha value is -1.54. The van der Waals surface area contributed by atoms with Gasteiger partial charge >= 0.3 is 0 Å². The van der Waals surface area contributed by atoms with Crippen molar-refractivity contribution in [3.63, 3.8) is 0 Å². The van der Waals surface area contributed by atoms with Gasteiger partial charge in [-0.15, -0.1) is 0 Å². The summed E-state index contributed by atoms with van der Waals surface area (Å²) in [4.78, 5) is 2.34. The van der Waals surface area contributed by atoms with E-state index in [1.165, 1.54) is 0 Å². The highest BCUT2D eigenvalue weighted by atomic mass is 16.5. The van der Waals surface area contributed by atoms with Crippen LogP contribution in [0.15, 0.2) is 24.3 Å². The number of hydrogen-bond donors (Lipinski definition) is 2. The first-order valence-electron chi connectivity index (χ1n) is 7.51. The van der Waals surface area contributed by atoms with Crippen LogP contribution >= 0.6 is 0 Å². The van der Waals surface area contributed by atoms with Crippen LogP contribution in [0.3, 0.4) is 0 Å². The van der Waals surface area contributed by atoms with E-state index in [1.807, 2.05) is 31.2 Å². The highest BCUT2D eigenvalue weighted by Crippen LogP contribution is 2.19. The van der Waals surface area contributed by atoms with E-state index in [-0.39, 0.29) is 6.10 Å². The van der Waals surface area contributed by atoms with Crippen LogP contribution < -0.4 is 10.5 Å². The SMILES string of the molecule is CC(O)C1CCN(CCOc2cccc(C#CCN)c2)C1. The average Bonchev–Trinajstić information content (AvgIpc) is 2.95. The number of hydrogen-bond acceptors (Lipinski definition) is 4. The quantitative estimate of drug-likeness (QED) is 0.796. The molecule has 2 rings (SSSR count). The van der Waals surface area contributed by atoms with Crippen LogP contribution in [0.1, 0.15) is 18.9 Å². The van der Waals surface area contributed by atoms with Crippen LogP contribution in [0.25, 0.3) is 0 Å². The molecule has 2 atom stereocenters. The van der Waals surface area contributed by atoms with E-state index in [0.29, 0.717) is 19.1 Å². The van der Waals surface area contributed by atoms with E-state index < -0.39 is 0 Å². The number of ether oxygens (including phenoxy) is 1. The van der Waals surface area contributed by atoms with Crippen molar-refractivity contribution in [1.82, 2.24) is 4.90 Å². The molecule has 0 bridgehead atoms. The van der Waals surface area contributed by atoms with Gasteiger partial charge in [0, 0.05) is 18.7 Å². The van der Waals surface area contributed by atoms with Gasteiger partial charge in [0.1, 0.15) is 12.4 Å². The van der Waals surface area contributed by atoms with Crippen LogP contribution in [0, 0.1) is 17.8 Å². The predicted octanol–water partition coefficient (Wildman–Crippen LogP) is 1.08. The zero-order chi connectivity index (χ0) is 15.1. The Morgan fingerprint density at radius 1 is 1.52 bits per heavy atom. The number of nitrogens with zero attached hydrogens (tertiary/aromatic N) is 1. The monoisotopic (exact) mass is 288 g/mol. The molecule has 0 saturated carbocycles. The first kappa shape index (κ1) is 15.8. The Kier molecular flexibility index (Phi) is 6.06. The fraction of sp³-hybridized carbons (Fsp3) is 0.529. The summed E-state index contributed by atoms with van der Waals surface area (Å²) < 4.78 is 5.78. The summed E-state index contributed by atoms with van der Waals surface area (Å²) in [6.07, 6.45) is 0.857. The summed E-state index contributed by atoms with van der Waals surface area (Å²) >= 11 is 0. The number of nitrogens with two attached hydrogens (primary N) is 1. The van der Waals surface area contributed by atoms with Crippen molar-refractivity contribution in [3.05, 3.63) is 29.8 Å². The molecule has 1 heterocycles. The van der Waals surface area contributed by atoms with Crippen molar-refractivity contribution in [2.24, 2.45) is 11.7 Å². The molecule has 1 fully saturated rings. The van der Waals surface area contributed by atoms with E-state index in [0.717, 1.165) is 37.4 Å². The lowest BCUT2D eigenvalue weighted by Gasteiger charge is -2.17. The molecule has 1 aromatic rings. The van der Waals surface area contributed by atoms with Crippen molar-refractivity contribution in [2.75, 3.05) is 32.8 Å². The van der Waals surface area contributed by atoms with Crippen molar-refractivity contribution in [3.8, 4) is 17.6 Å². The average molecular weight is 288 g/mol. The van der Waals surface area contributed by atoms with Crippen LogP contribution in [0.2, 0.25) is 0 Å². The molecule has 1 saturated heterocycles. The summed E-state index contributed by atoms with van der Waals surface area (Å²) in [6, 6.07) is 7.76. The second kappa shape index (κ2) is 8.04. The Bertz CT molecular complexity index is 505. The van der Waals surface area contributed by atoms with Gasteiger partial charge in [-0.2, -0.15) is 0 Å². The molecule has 0 aromatic heterocycles. The first-order valence-corrected chi connectivity index (χ1v) is 7.51. The third-order valence-corrected chi connectivity index (χ3v) is 3.84.